The van der Waals surface area contributed by atoms with Gasteiger partial charge in [-0.1, -0.05) is 12.1 Å². The van der Waals surface area contributed by atoms with E-state index in [-0.39, 0.29) is 5.69 Å². The molecule has 1 aromatic carbocycles. The molecule has 0 aliphatic rings. The normalized spacial score (nSPS) is 11.3. The molecule has 0 saturated carbocycles. The first-order valence-corrected chi connectivity index (χ1v) is 6.15. The molecule has 0 saturated heterocycles. The monoisotopic (exact) mass is 286 g/mol. The van der Waals surface area contributed by atoms with Gasteiger partial charge in [-0.05, 0) is 35.7 Å². The first-order chi connectivity index (χ1) is 9.95. The number of aliphatic hydroxyl groups excluding tert-OH is 1. The van der Waals surface area contributed by atoms with Crippen LogP contribution in [0.3, 0.4) is 0 Å². The van der Waals surface area contributed by atoms with Gasteiger partial charge in [-0.3, -0.25) is 4.79 Å². The Balaban J connectivity index is 2.12. The fraction of sp³-hybridized carbons (Fsp3) is 0.0667. The summed E-state index contributed by atoms with van der Waals surface area (Å²) >= 11 is 0. The van der Waals surface area contributed by atoms with Crippen molar-refractivity contribution in [3.05, 3.63) is 59.4 Å². The molecule has 0 fully saturated rings. The molecule has 0 aliphatic heterocycles. The van der Waals surface area contributed by atoms with Crippen molar-refractivity contribution >= 4 is 23.2 Å². The molecule has 0 atom stereocenters. The SMILES string of the molecule is Nc1ccc(Cc2c[nH]c(C(O)=CC(=O)C(=O)O)c2)cc1. The maximum atomic E-state index is 11.0. The van der Waals surface area contributed by atoms with Gasteiger partial charge in [-0.25, -0.2) is 4.79 Å². The van der Waals surface area contributed by atoms with Gasteiger partial charge >= 0.3 is 5.97 Å². The number of rotatable bonds is 5. The molecule has 6 nitrogen and oxygen atoms in total. The van der Waals surface area contributed by atoms with E-state index in [9.17, 15) is 14.7 Å². The second kappa shape index (κ2) is 5.96. The minimum Gasteiger partial charge on any atom is -0.506 e. The third kappa shape index (κ3) is 3.73. The second-order valence-corrected chi connectivity index (χ2v) is 4.54. The zero-order valence-electron chi connectivity index (χ0n) is 11.0. The van der Waals surface area contributed by atoms with Crippen LogP contribution >= 0.6 is 0 Å². The van der Waals surface area contributed by atoms with Crippen molar-refractivity contribution in [3.63, 3.8) is 0 Å². The summed E-state index contributed by atoms with van der Waals surface area (Å²) in [5.74, 6) is -3.21. The minimum atomic E-state index is -1.62. The summed E-state index contributed by atoms with van der Waals surface area (Å²) in [4.78, 5) is 24.2. The molecule has 2 aromatic rings. The number of carboxylic acids is 1. The van der Waals surface area contributed by atoms with Crippen molar-refractivity contribution in [1.29, 1.82) is 0 Å². The summed E-state index contributed by atoms with van der Waals surface area (Å²) < 4.78 is 0. The number of carbonyl (C=O) groups is 2. The average molecular weight is 286 g/mol. The number of hydrogen-bond donors (Lipinski definition) is 4. The van der Waals surface area contributed by atoms with Crippen LogP contribution < -0.4 is 5.73 Å². The van der Waals surface area contributed by atoms with Crippen molar-refractivity contribution < 1.29 is 19.8 Å². The molecule has 0 radical (unpaired) electrons. The Morgan fingerprint density at radius 3 is 2.43 bits per heavy atom. The van der Waals surface area contributed by atoms with E-state index in [2.05, 4.69) is 4.98 Å². The molecular formula is C15H14N2O4. The van der Waals surface area contributed by atoms with E-state index in [0.717, 1.165) is 11.1 Å². The van der Waals surface area contributed by atoms with Gasteiger partial charge in [-0.2, -0.15) is 0 Å². The Morgan fingerprint density at radius 1 is 1.14 bits per heavy atom. The Bertz CT molecular complexity index is 699. The Morgan fingerprint density at radius 2 is 1.81 bits per heavy atom. The van der Waals surface area contributed by atoms with Gasteiger partial charge in [0.05, 0.1) is 5.69 Å². The highest BCUT2D eigenvalue weighted by atomic mass is 16.4. The lowest BCUT2D eigenvalue weighted by molar-refractivity contribution is -0.146. The maximum Gasteiger partial charge on any atom is 0.376 e. The van der Waals surface area contributed by atoms with Crippen LogP contribution in [0.2, 0.25) is 0 Å². The lowest BCUT2D eigenvalue weighted by Gasteiger charge is -1.99. The molecule has 5 N–H and O–H groups in total. The van der Waals surface area contributed by atoms with Crippen molar-refractivity contribution in [2.24, 2.45) is 0 Å². The van der Waals surface area contributed by atoms with Gasteiger partial charge < -0.3 is 20.9 Å². The zero-order chi connectivity index (χ0) is 15.4. The number of ketones is 1. The maximum absolute atomic E-state index is 11.0. The predicted octanol–water partition coefficient (Wildman–Crippen LogP) is 1.74. The van der Waals surface area contributed by atoms with Gasteiger partial charge in [0.15, 0.2) is 0 Å². The molecule has 0 spiro atoms. The number of hydrogen-bond acceptors (Lipinski definition) is 4. The van der Waals surface area contributed by atoms with Crippen molar-refractivity contribution in [2.45, 2.75) is 6.42 Å². The van der Waals surface area contributed by atoms with Gasteiger partial charge in [0.2, 0.25) is 0 Å². The Labute approximate surface area is 120 Å². The second-order valence-electron chi connectivity index (χ2n) is 4.54. The molecule has 0 amide bonds. The van der Waals surface area contributed by atoms with Gasteiger partial charge in [0.25, 0.3) is 5.78 Å². The molecule has 108 valence electrons. The fourth-order valence-electron chi connectivity index (χ4n) is 1.82. The lowest BCUT2D eigenvalue weighted by Crippen LogP contribution is -2.09. The molecule has 0 unspecified atom stereocenters. The highest BCUT2D eigenvalue weighted by Gasteiger charge is 2.11. The number of anilines is 1. The topological polar surface area (TPSA) is 116 Å². The van der Waals surface area contributed by atoms with Crippen LogP contribution in [0.4, 0.5) is 5.69 Å². The van der Waals surface area contributed by atoms with Crippen molar-refractivity contribution in [2.75, 3.05) is 5.73 Å². The summed E-state index contributed by atoms with van der Waals surface area (Å²) in [6, 6.07) is 9.03. The number of aliphatic carboxylic acids is 1. The van der Waals surface area contributed by atoms with Crippen molar-refractivity contribution in [1.82, 2.24) is 4.98 Å². The third-order valence-corrected chi connectivity index (χ3v) is 2.89. The molecule has 21 heavy (non-hydrogen) atoms. The van der Waals surface area contributed by atoms with E-state index in [1.165, 1.54) is 0 Å². The molecule has 0 bridgehead atoms. The number of nitrogens with one attached hydrogen (secondary N) is 1. The van der Waals surface area contributed by atoms with Crippen molar-refractivity contribution in [3.8, 4) is 0 Å². The highest BCUT2D eigenvalue weighted by Crippen LogP contribution is 2.16. The van der Waals surface area contributed by atoms with Crippen LogP contribution in [0.1, 0.15) is 16.8 Å². The van der Waals surface area contributed by atoms with Crippen LogP contribution in [-0.2, 0) is 16.0 Å². The summed E-state index contributed by atoms with van der Waals surface area (Å²) in [7, 11) is 0. The fourth-order valence-corrected chi connectivity index (χ4v) is 1.82. The van der Waals surface area contributed by atoms with Crippen LogP contribution in [-0.4, -0.2) is 26.9 Å². The number of carboxylic acid groups (broad SMARTS) is 1. The number of aliphatic hydroxyl groups is 1. The number of nitrogens with two attached hydrogens (primary N) is 1. The average Bonchev–Trinajstić information content (AvgIpc) is 2.90. The summed E-state index contributed by atoms with van der Waals surface area (Å²) in [5.41, 5.74) is 8.50. The molecule has 2 rings (SSSR count). The number of aromatic nitrogens is 1. The van der Waals surface area contributed by atoms with Gasteiger partial charge in [0, 0.05) is 18.0 Å². The number of carbonyl (C=O) groups excluding carboxylic acids is 1. The van der Waals surface area contributed by atoms with Crippen LogP contribution in [0.15, 0.2) is 42.6 Å². The quantitative estimate of drug-likeness (QED) is 0.289. The molecule has 0 aliphatic carbocycles. The lowest BCUT2D eigenvalue weighted by atomic mass is 10.1. The number of aromatic amines is 1. The first-order valence-electron chi connectivity index (χ1n) is 6.15. The van der Waals surface area contributed by atoms with Crippen LogP contribution in [0.5, 0.6) is 0 Å². The van der Waals surface area contributed by atoms with Gasteiger partial charge in [-0.15, -0.1) is 0 Å². The molecule has 1 heterocycles. The van der Waals surface area contributed by atoms with E-state index in [4.69, 9.17) is 10.8 Å². The Kier molecular flexibility index (Phi) is 4.08. The third-order valence-electron chi connectivity index (χ3n) is 2.89. The molecular weight excluding hydrogens is 272 g/mol. The number of benzene rings is 1. The summed E-state index contributed by atoms with van der Waals surface area (Å²) in [6.07, 6.45) is 2.97. The van der Waals surface area contributed by atoms with E-state index >= 15 is 0 Å². The smallest absolute Gasteiger partial charge is 0.376 e. The zero-order valence-corrected chi connectivity index (χ0v) is 11.0. The van der Waals surface area contributed by atoms with Gasteiger partial charge in [0.1, 0.15) is 5.76 Å². The first kappa shape index (κ1) is 14.4. The van der Waals surface area contributed by atoms with E-state index < -0.39 is 17.5 Å². The highest BCUT2D eigenvalue weighted by molar-refractivity contribution is 6.38. The molecule has 6 heteroatoms. The van der Waals surface area contributed by atoms with E-state index in [0.29, 0.717) is 18.2 Å². The summed E-state index contributed by atoms with van der Waals surface area (Å²) in [6.45, 7) is 0. The molecule has 1 aromatic heterocycles. The largest absolute Gasteiger partial charge is 0.506 e. The van der Waals surface area contributed by atoms with Crippen LogP contribution in [0, 0.1) is 0 Å². The van der Waals surface area contributed by atoms with Crippen LogP contribution in [0.25, 0.3) is 5.76 Å². The summed E-state index contributed by atoms with van der Waals surface area (Å²) in [5, 5.41) is 18.2. The van der Waals surface area contributed by atoms with E-state index in [1.807, 2.05) is 12.1 Å². The number of H-pyrrole nitrogens is 1. The number of nitrogen functional groups attached to an aromatic ring is 1. The van der Waals surface area contributed by atoms with E-state index in [1.54, 1.807) is 24.4 Å². The predicted molar refractivity (Wildman–Crippen MR) is 77.7 cm³/mol. The Hall–Kier alpha value is -3.02. The standard InChI is InChI=1S/C15H14N2O4/c16-11-3-1-9(2-4-11)5-10-6-12(17-8-10)13(18)7-14(19)15(20)21/h1-4,6-8,17-18H,5,16H2,(H,20,21). The minimum absolute atomic E-state index is 0.287.